The highest BCUT2D eigenvalue weighted by Crippen LogP contribution is 2.27. The van der Waals surface area contributed by atoms with Crippen molar-refractivity contribution in [1.29, 1.82) is 0 Å². The summed E-state index contributed by atoms with van der Waals surface area (Å²) < 4.78 is 0. The third-order valence-corrected chi connectivity index (χ3v) is 3.99. The van der Waals surface area contributed by atoms with Gasteiger partial charge in [0, 0.05) is 19.6 Å². The minimum Gasteiger partial charge on any atom is -0.478 e. The van der Waals surface area contributed by atoms with Gasteiger partial charge in [-0.25, -0.2) is 9.59 Å². The van der Waals surface area contributed by atoms with Crippen molar-refractivity contribution in [1.82, 2.24) is 10.2 Å². The summed E-state index contributed by atoms with van der Waals surface area (Å²) in [6.45, 7) is 1.94. The van der Waals surface area contributed by atoms with Crippen LogP contribution in [0.15, 0.2) is 18.2 Å². The molecule has 106 valence electrons. The highest BCUT2D eigenvalue weighted by Gasteiger charge is 2.25. The lowest BCUT2D eigenvalue weighted by molar-refractivity contribution is 0.0696. The van der Waals surface area contributed by atoms with E-state index in [2.05, 4.69) is 5.32 Å². The quantitative estimate of drug-likeness (QED) is 0.884. The maximum absolute atomic E-state index is 12.1. The molecule has 0 unspecified atom stereocenters. The first-order chi connectivity index (χ1) is 9.63. The molecule has 3 rings (SSSR count). The molecule has 1 saturated carbocycles. The van der Waals surface area contributed by atoms with Crippen LogP contribution < -0.4 is 5.32 Å². The number of urea groups is 1. The number of amides is 2. The molecule has 2 amide bonds. The minimum absolute atomic E-state index is 0.0386. The fourth-order valence-electron chi connectivity index (χ4n) is 2.53. The van der Waals surface area contributed by atoms with E-state index < -0.39 is 5.97 Å². The predicted molar refractivity (Wildman–Crippen MR) is 73.6 cm³/mol. The second kappa shape index (κ2) is 5.15. The van der Waals surface area contributed by atoms with E-state index in [0.29, 0.717) is 19.0 Å². The van der Waals surface area contributed by atoms with Gasteiger partial charge in [-0.3, -0.25) is 0 Å². The lowest BCUT2D eigenvalue weighted by Crippen LogP contribution is -2.43. The molecule has 5 heteroatoms. The van der Waals surface area contributed by atoms with Crippen molar-refractivity contribution < 1.29 is 14.7 Å². The van der Waals surface area contributed by atoms with Crippen molar-refractivity contribution >= 4 is 12.0 Å². The van der Waals surface area contributed by atoms with Gasteiger partial charge in [-0.05, 0) is 48.4 Å². The van der Waals surface area contributed by atoms with Gasteiger partial charge < -0.3 is 15.3 Å². The van der Waals surface area contributed by atoms with Gasteiger partial charge in [0.2, 0.25) is 0 Å². The maximum atomic E-state index is 12.1. The Bertz CT molecular complexity index is 552. The molecule has 1 heterocycles. The summed E-state index contributed by atoms with van der Waals surface area (Å²) in [7, 11) is 0. The first-order valence-corrected chi connectivity index (χ1v) is 7.01. The van der Waals surface area contributed by atoms with Crippen LogP contribution in [0, 0.1) is 5.92 Å². The number of rotatable bonds is 3. The number of hydrogen-bond donors (Lipinski definition) is 2. The van der Waals surface area contributed by atoms with Crippen LogP contribution in [0.5, 0.6) is 0 Å². The SMILES string of the molecule is O=C(O)c1ccc2c(c1)CN(C(=O)NCC1CC1)CC2. The molecule has 20 heavy (non-hydrogen) atoms. The van der Waals surface area contributed by atoms with Crippen molar-refractivity contribution in [3.05, 3.63) is 34.9 Å². The van der Waals surface area contributed by atoms with Gasteiger partial charge in [-0.2, -0.15) is 0 Å². The Morgan fingerprint density at radius 1 is 1.30 bits per heavy atom. The molecule has 1 aromatic rings. The molecule has 1 aliphatic heterocycles. The van der Waals surface area contributed by atoms with Crippen molar-refractivity contribution in [2.24, 2.45) is 5.92 Å². The van der Waals surface area contributed by atoms with Crippen LogP contribution in [-0.4, -0.2) is 35.1 Å². The monoisotopic (exact) mass is 274 g/mol. The van der Waals surface area contributed by atoms with E-state index in [1.807, 2.05) is 6.07 Å². The van der Waals surface area contributed by atoms with Gasteiger partial charge in [-0.1, -0.05) is 6.07 Å². The van der Waals surface area contributed by atoms with Gasteiger partial charge in [-0.15, -0.1) is 0 Å². The number of fused-ring (bicyclic) bond motifs is 1. The van der Waals surface area contributed by atoms with Gasteiger partial charge in [0.05, 0.1) is 5.56 Å². The highest BCUT2D eigenvalue weighted by molar-refractivity contribution is 5.88. The average Bonchev–Trinajstić information content (AvgIpc) is 3.27. The molecule has 0 aromatic heterocycles. The van der Waals surface area contributed by atoms with Crippen LogP contribution in [-0.2, 0) is 13.0 Å². The lowest BCUT2D eigenvalue weighted by atomic mass is 9.97. The van der Waals surface area contributed by atoms with Crippen molar-refractivity contribution in [2.75, 3.05) is 13.1 Å². The Morgan fingerprint density at radius 2 is 2.10 bits per heavy atom. The number of nitrogens with zero attached hydrogens (tertiary/aromatic N) is 1. The number of hydrogen-bond acceptors (Lipinski definition) is 2. The van der Waals surface area contributed by atoms with E-state index in [9.17, 15) is 9.59 Å². The number of carbonyl (C=O) groups excluding carboxylic acids is 1. The Balaban J connectivity index is 1.67. The highest BCUT2D eigenvalue weighted by atomic mass is 16.4. The van der Waals surface area contributed by atoms with E-state index in [-0.39, 0.29) is 11.6 Å². The number of benzene rings is 1. The lowest BCUT2D eigenvalue weighted by Gasteiger charge is -2.29. The Labute approximate surface area is 117 Å². The zero-order valence-electron chi connectivity index (χ0n) is 11.3. The average molecular weight is 274 g/mol. The molecule has 0 atom stereocenters. The first-order valence-electron chi connectivity index (χ1n) is 7.01. The van der Waals surface area contributed by atoms with E-state index in [4.69, 9.17) is 5.11 Å². The third-order valence-electron chi connectivity index (χ3n) is 3.99. The summed E-state index contributed by atoms with van der Waals surface area (Å²) in [6.07, 6.45) is 3.21. The predicted octanol–water partition coefficient (Wildman–Crippen LogP) is 1.86. The first kappa shape index (κ1) is 13.0. The van der Waals surface area contributed by atoms with Crippen LogP contribution in [0.3, 0.4) is 0 Å². The molecule has 1 aromatic carbocycles. The summed E-state index contributed by atoms with van der Waals surface area (Å²) in [5, 5.41) is 12.0. The molecule has 0 bridgehead atoms. The fraction of sp³-hybridized carbons (Fsp3) is 0.467. The van der Waals surface area contributed by atoms with Crippen molar-refractivity contribution in [3.8, 4) is 0 Å². The Kier molecular flexibility index (Phi) is 3.34. The topological polar surface area (TPSA) is 69.6 Å². The molecule has 1 aliphatic carbocycles. The van der Waals surface area contributed by atoms with E-state index in [1.54, 1.807) is 17.0 Å². The standard InChI is InChI=1S/C15H18N2O3/c18-14(19)12-4-3-11-5-6-17(9-13(11)7-12)15(20)16-8-10-1-2-10/h3-4,7,10H,1-2,5-6,8-9H2,(H,16,20)(H,18,19). The van der Waals surface area contributed by atoms with E-state index >= 15 is 0 Å². The summed E-state index contributed by atoms with van der Waals surface area (Å²) in [5.74, 6) is -0.266. The maximum Gasteiger partial charge on any atom is 0.335 e. The zero-order chi connectivity index (χ0) is 14.1. The smallest absolute Gasteiger partial charge is 0.335 e. The Hall–Kier alpha value is -2.04. The Morgan fingerprint density at radius 3 is 2.80 bits per heavy atom. The molecule has 0 spiro atoms. The summed E-state index contributed by atoms with van der Waals surface area (Å²) in [5.41, 5.74) is 2.36. The summed E-state index contributed by atoms with van der Waals surface area (Å²) in [4.78, 5) is 24.8. The number of carbonyl (C=O) groups is 2. The molecule has 2 aliphatic rings. The zero-order valence-corrected chi connectivity index (χ0v) is 11.3. The van der Waals surface area contributed by atoms with E-state index in [0.717, 1.165) is 24.1 Å². The molecule has 5 nitrogen and oxygen atoms in total. The van der Waals surface area contributed by atoms with E-state index in [1.165, 1.54) is 12.8 Å². The van der Waals surface area contributed by atoms with Crippen molar-refractivity contribution in [2.45, 2.75) is 25.8 Å². The summed E-state index contributed by atoms with van der Waals surface area (Å²) >= 11 is 0. The minimum atomic E-state index is -0.928. The van der Waals surface area contributed by atoms with Gasteiger partial charge >= 0.3 is 12.0 Å². The molecular weight excluding hydrogens is 256 g/mol. The van der Waals surface area contributed by atoms with Crippen LogP contribution in [0.1, 0.15) is 34.3 Å². The van der Waals surface area contributed by atoms with Gasteiger partial charge in [0.25, 0.3) is 0 Å². The molecule has 1 fully saturated rings. The summed E-state index contributed by atoms with van der Waals surface area (Å²) in [6, 6.07) is 5.13. The largest absolute Gasteiger partial charge is 0.478 e. The molecule has 0 saturated heterocycles. The number of carboxylic acids is 1. The van der Waals surface area contributed by atoms with Crippen LogP contribution in [0.4, 0.5) is 4.79 Å². The van der Waals surface area contributed by atoms with Crippen LogP contribution in [0.25, 0.3) is 0 Å². The molecule has 2 N–H and O–H groups in total. The van der Waals surface area contributed by atoms with Crippen molar-refractivity contribution in [3.63, 3.8) is 0 Å². The number of carboxylic acid groups (broad SMARTS) is 1. The van der Waals surface area contributed by atoms with Gasteiger partial charge in [0.1, 0.15) is 0 Å². The molecular formula is C15H18N2O3. The fourth-order valence-corrected chi connectivity index (χ4v) is 2.53. The van der Waals surface area contributed by atoms with Crippen LogP contribution >= 0.6 is 0 Å². The van der Waals surface area contributed by atoms with Crippen LogP contribution in [0.2, 0.25) is 0 Å². The normalized spacial score (nSPS) is 17.5. The number of nitrogens with one attached hydrogen (secondary N) is 1. The second-order valence-corrected chi connectivity index (χ2v) is 5.59. The second-order valence-electron chi connectivity index (χ2n) is 5.59. The molecule has 0 radical (unpaired) electrons. The third kappa shape index (κ3) is 2.76. The number of aromatic carboxylic acids is 1. The van der Waals surface area contributed by atoms with Gasteiger partial charge in [0.15, 0.2) is 0 Å².